The first kappa shape index (κ1) is 16.7. The number of nitrogens with zero attached hydrogens (tertiary/aromatic N) is 3. The molecular formula is C17H13F3N4O. The molecule has 2 aromatic carbocycles. The van der Waals surface area contributed by atoms with Crippen molar-refractivity contribution in [2.45, 2.75) is 6.18 Å². The van der Waals surface area contributed by atoms with Crippen molar-refractivity contribution in [2.24, 2.45) is 7.05 Å². The van der Waals surface area contributed by atoms with Gasteiger partial charge in [0.05, 0.1) is 11.3 Å². The summed E-state index contributed by atoms with van der Waals surface area (Å²) in [4.78, 5) is 12.4. The molecule has 25 heavy (non-hydrogen) atoms. The van der Waals surface area contributed by atoms with Gasteiger partial charge in [-0.05, 0) is 30.3 Å². The van der Waals surface area contributed by atoms with Crippen LogP contribution in [0.4, 0.5) is 18.9 Å². The Morgan fingerprint density at radius 1 is 1.12 bits per heavy atom. The molecule has 0 fully saturated rings. The normalized spacial score (nSPS) is 11.4. The number of benzene rings is 2. The maximum atomic E-state index is 12.8. The van der Waals surface area contributed by atoms with E-state index in [1.807, 2.05) is 0 Å². The van der Waals surface area contributed by atoms with Gasteiger partial charge in [-0.3, -0.25) is 4.79 Å². The summed E-state index contributed by atoms with van der Waals surface area (Å²) in [6, 6.07) is 11.1. The molecule has 1 N–H and O–H groups in total. The molecule has 0 saturated carbocycles. The Kier molecular flexibility index (Phi) is 4.26. The summed E-state index contributed by atoms with van der Waals surface area (Å²) in [6.45, 7) is 0. The van der Waals surface area contributed by atoms with Crippen LogP contribution in [0.2, 0.25) is 0 Å². The fraction of sp³-hybridized carbons (Fsp3) is 0.118. The highest BCUT2D eigenvalue weighted by Crippen LogP contribution is 2.30. The van der Waals surface area contributed by atoms with Crippen LogP contribution in [-0.4, -0.2) is 20.7 Å². The lowest BCUT2D eigenvalue weighted by atomic mass is 10.1. The van der Waals surface area contributed by atoms with Gasteiger partial charge in [0.25, 0.3) is 5.91 Å². The minimum Gasteiger partial charge on any atom is -0.321 e. The Morgan fingerprint density at radius 3 is 2.56 bits per heavy atom. The van der Waals surface area contributed by atoms with E-state index in [1.165, 1.54) is 18.5 Å². The number of amides is 1. The minimum absolute atomic E-state index is 0.0809. The van der Waals surface area contributed by atoms with E-state index in [0.29, 0.717) is 17.1 Å². The summed E-state index contributed by atoms with van der Waals surface area (Å²) in [6.07, 6.45) is -2.99. The van der Waals surface area contributed by atoms with Gasteiger partial charge in [-0.1, -0.05) is 18.2 Å². The van der Waals surface area contributed by atoms with E-state index in [2.05, 4.69) is 15.5 Å². The van der Waals surface area contributed by atoms with E-state index in [-0.39, 0.29) is 5.56 Å². The number of anilines is 1. The van der Waals surface area contributed by atoms with Crippen LogP contribution in [0.3, 0.4) is 0 Å². The number of aryl methyl sites for hydroxylation is 1. The Balaban J connectivity index is 1.92. The number of nitrogens with one attached hydrogen (secondary N) is 1. The zero-order valence-corrected chi connectivity index (χ0v) is 13.1. The molecule has 3 aromatic rings. The Morgan fingerprint density at radius 2 is 1.88 bits per heavy atom. The predicted molar refractivity (Wildman–Crippen MR) is 85.8 cm³/mol. The first-order valence-corrected chi connectivity index (χ1v) is 7.28. The second-order valence-corrected chi connectivity index (χ2v) is 5.34. The van der Waals surface area contributed by atoms with Crippen molar-refractivity contribution in [3.8, 4) is 11.4 Å². The highest BCUT2D eigenvalue weighted by Gasteiger charge is 2.31. The largest absolute Gasteiger partial charge is 0.416 e. The summed E-state index contributed by atoms with van der Waals surface area (Å²) in [7, 11) is 1.75. The van der Waals surface area contributed by atoms with Crippen LogP contribution in [0.5, 0.6) is 0 Å². The zero-order valence-electron chi connectivity index (χ0n) is 13.1. The number of alkyl halides is 3. The third-order valence-corrected chi connectivity index (χ3v) is 3.58. The molecule has 0 saturated heterocycles. The van der Waals surface area contributed by atoms with E-state index in [1.54, 1.807) is 35.9 Å². The summed E-state index contributed by atoms with van der Waals surface area (Å²) >= 11 is 0. The maximum absolute atomic E-state index is 12.8. The van der Waals surface area contributed by atoms with Crippen molar-refractivity contribution >= 4 is 11.6 Å². The zero-order chi connectivity index (χ0) is 18.0. The van der Waals surface area contributed by atoms with Crippen LogP contribution in [0.1, 0.15) is 15.9 Å². The van der Waals surface area contributed by atoms with E-state index < -0.39 is 17.6 Å². The van der Waals surface area contributed by atoms with Crippen molar-refractivity contribution in [2.75, 3.05) is 5.32 Å². The lowest BCUT2D eigenvalue weighted by Gasteiger charge is -2.12. The third kappa shape index (κ3) is 3.52. The smallest absolute Gasteiger partial charge is 0.321 e. The lowest BCUT2D eigenvalue weighted by molar-refractivity contribution is -0.137. The molecule has 0 spiro atoms. The predicted octanol–water partition coefficient (Wildman–Crippen LogP) is 3.75. The second-order valence-electron chi connectivity index (χ2n) is 5.34. The van der Waals surface area contributed by atoms with E-state index in [4.69, 9.17) is 0 Å². The first-order valence-electron chi connectivity index (χ1n) is 7.28. The van der Waals surface area contributed by atoms with E-state index >= 15 is 0 Å². The Labute approximate surface area is 141 Å². The highest BCUT2D eigenvalue weighted by molar-refractivity contribution is 6.06. The molecule has 0 atom stereocenters. The monoisotopic (exact) mass is 346 g/mol. The molecule has 3 rings (SSSR count). The maximum Gasteiger partial charge on any atom is 0.416 e. The van der Waals surface area contributed by atoms with Crippen LogP contribution in [-0.2, 0) is 13.2 Å². The number of hydrogen-bond donors (Lipinski definition) is 1. The SMILES string of the molecule is Cn1cnnc1-c1ccccc1NC(=O)c1cccc(C(F)(F)F)c1. The fourth-order valence-electron chi connectivity index (χ4n) is 2.35. The minimum atomic E-state index is -4.51. The van der Waals surface area contributed by atoms with Gasteiger partial charge >= 0.3 is 6.18 Å². The molecule has 8 heteroatoms. The average molecular weight is 346 g/mol. The van der Waals surface area contributed by atoms with Crippen molar-refractivity contribution in [3.63, 3.8) is 0 Å². The first-order chi connectivity index (χ1) is 11.9. The number of hydrogen-bond acceptors (Lipinski definition) is 3. The van der Waals surface area contributed by atoms with Crippen LogP contribution in [0.25, 0.3) is 11.4 Å². The van der Waals surface area contributed by atoms with Crippen molar-refractivity contribution in [1.82, 2.24) is 14.8 Å². The summed E-state index contributed by atoms with van der Waals surface area (Å²) in [5.41, 5.74) is 0.0909. The summed E-state index contributed by atoms with van der Waals surface area (Å²) in [5, 5.41) is 10.4. The van der Waals surface area contributed by atoms with Gasteiger partial charge in [-0.25, -0.2) is 0 Å². The van der Waals surface area contributed by atoms with Gasteiger partial charge < -0.3 is 9.88 Å². The Bertz CT molecular complexity index is 918. The van der Waals surface area contributed by atoms with Gasteiger partial charge in [0.15, 0.2) is 5.82 Å². The number of halogens is 3. The molecule has 1 aromatic heterocycles. The molecule has 128 valence electrons. The topological polar surface area (TPSA) is 59.8 Å². The summed E-state index contributed by atoms with van der Waals surface area (Å²) < 4.78 is 40.1. The summed E-state index contributed by atoms with van der Waals surface area (Å²) in [5.74, 6) is -0.110. The van der Waals surface area contributed by atoms with Crippen LogP contribution in [0.15, 0.2) is 54.9 Å². The van der Waals surface area contributed by atoms with Gasteiger partial charge in [0, 0.05) is 18.2 Å². The number of rotatable bonds is 3. The molecule has 0 radical (unpaired) electrons. The average Bonchev–Trinajstić information content (AvgIpc) is 3.00. The quantitative estimate of drug-likeness (QED) is 0.786. The molecular weight excluding hydrogens is 333 g/mol. The van der Waals surface area contributed by atoms with Crippen molar-refractivity contribution < 1.29 is 18.0 Å². The molecule has 0 bridgehead atoms. The van der Waals surface area contributed by atoms with Crippen LogP contribution >= 0.6 is 0 Å². The third-order valence-electron chi connectivity index (χ3n) is 3.58. The number of carbonyl (C=O) groups is 1. The Hall–Kier alpha value is -3.16. The number of para-hydroxylation sites is 1. The molecule has 0 aliphatic rings. The fourth-order valence-corrected chi connectivity index (χ4v) is 2.35. The number of aromatic nitrogens is 3. The molecule has 0 aliphatic heterocycles. The second kappa shape index (κ2) is 6.39. The molecule has 1 heterocycles. The standard InChI is InChI=1S/C17H13F3N4O/c1-24-10-21-23-15(24)13-7-2-3-8-14(13)22-16(25)11-5-4-6-12(9-11)17(18,19)20/h2-10H,1H3,(H,22,25). The van der Waals surface area contributed by atoms with E-state index in [0.717, 1.165) is 12.1 Å². The van der Waals surface area contributed by atoms with Crippen LogP contribution < -0.4 is 5.32 Å². The van der Waals surface area contributed by atoms with E-state index in [9.17, 15) is 18.0 Å². The van der Waals surface area contributed by atoms with Gasteiger partial charge in [0.2, 0.25) is 0 Å². The molecule has 0 unspecified atom stereocenters. The highest BCUT2D eigenvalue weighted by atomic mass is 19.4. The van der Waals surface area contributed by atoms with Gasteiger partial charge in [0.1, 0.15) is 6.33 Å². The van der Waals surface area contributed by atoms with Crippen molar-refractivity contribution in [3.05, 3.63) is 66.0 Å². The lowest BCUT2D eigenvalue weighted by Crippen LogP contribution is -2.14. The van der Waals surface area contributed by atoms with Crippen molar-refractivity contribution in [1.29, 1.82) is 0 Å². The van der Waals surface area contributed by atoms with Gasteiger partial charge in [-0.2, -0.15) is 13.2 Å². The molecule has 0 aliphatic carbocycles. The van der Waals surface area contributed by atoms with Crippen LogP contribution in [0, 0.1) is 0 Å². The number of carbonyl (C=O) groups excluding carboxylic acids is 1. The molecule has 5 nitrogen and oxygen atoms in total. The van der Waals surface area contributed by atoms with Gasteiger partial charge in [-0.15, -0.1) is 10.2 Å². The molecule has 1 amide bonds.